The van der Waals surface area contributed by atoms with Crippen molar-refractivity contribution in [3.05, 3.63) is 62.6 Å². The molecule has 0 aliphatic rings. The first-order valence-electron chi connectivity index (χ1n) is 6.46. The van der Waals surface area contributed by atoms with Crippen LogP contribution in [0.3, 0.4) is 0 Å². The molecule has 20 heavy (non-hydrogen) atoms. The Morgan fingerprint density at radius 1 is 1.25 bits per heavy atom. The lowest BCUT2D eigenvalue weighted by molar-refractivity contribution is 0.338. The van der Waals surface area contributed by atoms with Crippen LogP contribution in [-0.2, 0) is 0 Å². The molecule has 0 aromatic heterocycles. The molecule has 0 radical (unpaired) electrons. The smallest absolute Gasteiger partial charge is 0.133 e. The van der Waals surface area contributed by atoms with Gasteiger partial charge in [0.25, 0.3) is 0 Å². The standard InChI is InChI=1S/C16H17BrClNO/c1-3-20-15-7-5-11(9-13(15)17)16(19)12-6-4-10(2)8-14(12)18/h4-9,16H,3,19H2,1-2H3. The maximum Gasteiger partial charge on any atom is 0.133 e. The van der Waals surface area contributed by atoms with Crippen LogP contribution in [0.4, 0.5) is 0 Å². The Morgan fingerprint density at radius 2 is 2.00 bits per heavy atom. The van der Waals surface area contributed by atoms with Crippen LogP contribution in [0, 0.1) is 6.92 Å². The third kappa shape index (κ3) is 3.35. The highest BCUT2D eigenvalue weighted by Gasteiger charge is 2.14. The minimum absolute atomic E-state index is 0.255. The van der Waals surface area contributed by atoms with Gasteiger partial charge in [0.2, 0.25) is 0 Å². The minimum atomic E-state index is -0.255. The molecule has 106 valence electrons. The van der Waals surface area contributed by atoms with E-state index >= 15 is 0 Å². The molecule has 0 bridgehead atoms. The van der Waals surface area contributed by atoms with Crippen LogP contribution in [0.1, 0.15) is 29.7 Å². The molecule has 4 heteroatoms. The van der Waals surface area contributed by atoms with Gasteiger partial charge < -0.3 is 10.5 Å². The van der Waals surface area contributed by atoms with Crippen molar-refractivity contribution in [3.63, 3.8) is 0 Å². The zero-order valence-corrected chi connectivity index (χ0v) is 13.8. The van der Waals surface area contributed by atoms with E-state index < -0.39 is 0 Å². The number of ether oxygens (including phenoxy) is 1. The van der Waals surface area contributed by atoms with Crippen LogP contribution >= 0.6 is 27.5 Å². The summed E-state index contributed by atoms with van der Waals surface area (Å²) in [6.07, 6.45) is 0. The summed E-state index contributed by atoms with van der Waals surface area (Å²) in [5.41, 5.74) is 9.35. The van der Waals surface area contributed by atoms with Gasteiger partial charge in [-0.3, -0.25) is 0 Å². The van der Waals surface area contributed by atoms with Crippen molar-refractivity contribution in [1.29, 1.82) is 0 Å². The van der Waals surface area contributed by atoms with Gasteiger partial charge in [0, 0.05) is 5.02 Å². The second-order valence-corrected chi connectivity index (χ2v) is 5.89. The van der Waals surface area contributed by atoms with Crippen molar-refractivity contribution in [1.82, 2.24) is 0 Å². The molecule has 2 N–H and O–H groups in total. The van der Waals surface area contributed by atoms with Crippen molar-refractivity contribution >= 4 is 27.5 Å². The first kappa shape index (κ1) is 15.4. The molecule has 2 aromatic carbocycles. The fraction of sp³-hybridized carbons (Fsp3) is 0.250. The van der Waals surface area contributed by atoms with E-state index in [1.165, 1.54) is 0 Å². The SMILES string of the molecule is CCOc1ccc(C(N)c2ccc(C)cc2Cl)cc1Br. The number of rotatable bonds is 4. The van der Waals surface area contributed by atoms with Crippen LogP contribution in [0.15, 0.2) is 40.9 Å². The molecule has 0 aliphatic carbocycles. The summed E-state index contributed by atoms with van der Waals surface area (Å²) in [4.78, 5) is 0. The normalized spacial score (nSPS) is 12.2. The second kappa shape index (κ2) is 6.61. The first-order valence-corrected chi connectivity index (χ1v) is 7.64. The molecule has 0 saturated heterocycles. The van der Waals surface area contributed by atoms with Gasteiger partial charge in [-0.2, -0.15) is 0 Å². The van der Waals surface area contributed by atoms with Crippen molar-refractivity contribution in [3.8, 4) is 5.75 Å². The Morgan fingerprint density at radius 3 is 2.60 bits per heavy atom. The second-order valence-electron chi connectivity index (χ2n) is 4.63. The van der Waals surface area contributed by atoms with E-state index in [1.54, 1.807) is 0 Å². The van der Waals surface area contributed by atoms with Gasteiger partial charge in [-0.1, -0.05) is 29.8 Å². The first-order chi connectivity index (χ1) is 9.52. The maximum absolute atomic E-state index is 6.31. The molecule has 0 aliphatic heterocycles. The van der Waals surface area contributed by atoms with Gasteiger partial charge in [0.1, 0.15) is 5.75 Å². The van der Waals surface area contributed by atoms with Crippen LogP contribution < -0.4 is 10.5 Å². The Balaban J connectivity index is 2.33. The lowest BCUT2D eigenvalue weighted by Crippen LogP contribution is -2.12. The van der Waals surface area contributed by atoms with E-state index in [9.17, 15) is 0 Å². The number of nitrogens with two attached hydrogens (primary N) is 1. The van der Waals surface area contributed by atoms with Crippen molar-refractivity contribution in [2.45, 2.75) is 19.9 Å². The zero-order valence-electron chi connectivity index (χ0n) is 11.5. The lowest BCUT2D eigenvalue weighted by atomic mass is 9.98. The van der Waals surface area contributed by atoms with Crippen molar-refractivity contribution in [2.75, 3.05) is 6.61 Å². The van der Waals surface area contributed by atoms with Gasteiger partial charge in [-0.25, -0.2) is 0 Å². The van der Waals surface area contributed by atoms with Gasteiger partial charge >= 0.3 is 0 Å². The molecule has 0 saturated carbocycles. The average molecular weight is 355 g/mol. The molecule has 2 aromatic rings. The highest BCUT2D eigenvalue weighted by Crippen LogP contribution is 2.32. The summed E-state index contributed by atoms with van der Waals surface area (Å²) in [6, 6.07) is 11.5. The van der Waals surface area contributed by atoms with Gasteiger partial charge in [-0.05, 0) is 64.7 Å². The fourth-order valence-electron chi connectivity index (χ4n) is 2.05. The highest BCUT2D eigenvalue weighted by molar-refractivity contribution is 9.10. The summed E-state index contributed by atoms with van der Waals surface area (Å²) in [5.74, 6) is 0.818. The van der Waals surface area contributed by atoms with E-state index in [0.29, 0.717) is 11.6 Å². The minimum Gasteiger partial charge on any atom is -0.493 e. The van der Waals surface area contributed by atoms with E-state index in [1.807, 2.05) is 50.2 Å². The average Bonchev–Trinajstić information content (AvgIpc) is 2.40. The van der Waals surface area contributed by atoms with Crippen molar-refractivity contribution < 1.29 is 4.74 Å². The monoisotopic (exact) mass is 353 g/mol. The number of hydrogen-bond donors (Lipinski definition) is 1. The topological polar surface area (TPSA) is 35.2 Å². The van der Waals surface area contributed by atoms with E-state index in [-0.39, 0.29) is 6.04 Å². The summed E-state index contributed by atoms with van der Waals surface area (Å²) < 4.78 is 6.40. The van der Waals surface area contributed by atoms with Crippen LogP contribution in [0.25, 0.3) is 0 Å². The largest absolute Gasteiger partial charge is 0.493 e. The van der Waals surface area contributed by atoms with Gasteiger partial charge in [0.05, 0.1) is 17.1 Å². The molecule has 1 unspecified atom stereocenters. The van der Waals surface area contributed by atoms with Crippen LogP contribution in [0.5, 0.6) is 5.75 Å². The summed E-state index contributed by atoms with van der Waals surface area (Å²) in [6.45, 7) is 4.60. The summed E-state index contributed by atoms with van der Waals surface area (Å²) in [7, 11) is 0. The van der Waals surface area contributed by atoms with Crippen molar-refractivity contribution in [2.24, 2.45) is 5.73 Å². The van der Waals surface area contributed by atoms with Crippen LogP contribution in [0.2, 0.25) is 5.02 Å². The zero-order chi connectivity index (χ0) is 14.7. The van der Waals surface area contributed by atoms with Crippen LogP contribution in [-0.4, -0.2) is 6.61 Å². The van der Waals surface area contributed by atoms with Gasteiger partial charge in [0.15, 0.2) is 0 Å². The summed E-state index contributed by atoms with van der Waals surface area (Å²) in [5, 5.41) is 0.697. The Bertz CT molecular complexity index is 615. The van der Waals surface area contributed by atoms with E-state index in [2.05, 4.69) is 15.9 Å². The third-order valence-corrected chi connectivity index (χ3v) is 4.05. The van der Waals surface area contributed by atoms with E-state index in [4.69, 9.17) is 22.1 Å². The highest BCUT2D eigenvalue weighted by atomic mass is 79.9. The number of hydrogen-bond acceptors (Lipinski definition) is 2. The predicted molar refractivity (Wildman–Crippen MR) is 87.5 cm³/mol. The fourth-order valence-corrected chi connectivity index (χ4v) is 2.91. The quantitative estimate of drug-likeness (QED) is 0.851. The van der Waals surface area contributed by atoms with E-state index in [0.717, 1.165) is 26.9 Å². The molecular formula is C16H17BrClNO. The number of aryl methyl sites for hydroxylation is 1. The Hall–Kier alpha value is -1.03. The Labute approximate surface area is 133 Å². The summed E-state index contributed by atoms with van der Waals surface area (Å²) >= 11 is 9.78. The molecule has 1 atom stereocenters. The maximum atomic E-state index is 6.31. The molecule has 2 nitrogen and oxygen atoms in total. The number of benzene rings is 2. The molecule has 0 spiro atoms. The lowest BCUT2D eigenvalue weighted by Gasteiger charge is -2.16. The molecule has 0 amide bonds. The molecule has 0 fully saturated rings. The molecular weight excluding hydrogens is 338 g/mol. The Kier molecular flexibility index (Phi) is 5.08. The van der Waals surface area contributed by atoms with Gasteiger partial charge in [-0.15, -0.1) is 0 Å². The molecule has 0 heterocycles. The third-order valence-electron chi connectivity index (χ3n) is 3.11. The molecule has 2 rings (SSSR count). The predicted octanol–water partition coefficient (Wildman–Crippen LogP) is 4.86. The number of halogens is 2.